The van der Waals surface area contributed by atoms with Crippen molar-refractivity contribution in [3.8, 4) is 11.5 Å². The third-order valence-electron chi connectivity index (χ3n) is 3.00. The van der Waals surface area contributed by atoms with E-state index < -0.39 is 0 Å². The van der Waals surface area contributed by atoms with Gasteiger partial charge < -0.3 is 14.6 Å². The minimum Gasteiger partial charge on any atom is -0.497 e. The molecule has 0 amide bonds. The number of hydrogen-bond donors (Lipinski definition) is 1. The van der Waals surface area contributed by atoms with Crippen LogP contribution in [0.4, 0.5) is 0 Å². The van der Waals surface area contributed by atoms with Crippen molar-refractivity contribution < 1.29 is 14.6 Å². The van der Waals surface area contributed by atoms with Crippen molar-refractivity contribution in [3.63, 3.8) is 0 Å². The molecule has 0 saturated heterocycles. The van der Waals surface area contributed by atoms with Crippen LogP contribution in [0.3, 0.4) is 0 Å². The molecule has 0 saturated carbocycles. The van der Waals surface area contributed by atoms with E-state index in [2.05, 4.69) is 0 Å². The maximum atomic E-state index is 9.26. The molecule has 2 aromatic carbocycles. The third kappa shape index (κ3) is 3.89. The summed E-state index contributed by atoms with van der Waals surface area (Å²) < 4.78 is 10.8. The number of aliphatic hydroxyl groups excluding tert-OH is 1. The second kappa shape index (κ2) is 7.17. The molecule has 1 N–H and O–H groups in total. The van der Waals surface area contributed by atoms with Crippen molar-refractivity contribution in [2.24, 2.45) is 0 Å². The Morgan fingerprint density at radius 2 is 1.85 bits per heavy atom. The fourth-order valence-electron chi connectivity index (χ4n) is 1.88. The molecule has 0 aliphatic rings. The van der Waals surface area contributed by atoms with E-state index in [-0.39, 0.29) is 6.61 Å². The fraction of sp³-hybridized carbons (Fsp3) is 0.250. The number of hydrogen-bond acceptors (Lipinski definition) is 3. The van der Waals surface area contributed by atoms with Crippen LogP contribution in [0.25, 0.3) is 0 Å². The second-order valence-corrected chi connectivity index (χ2v) is 4.79. The normalized spacial score (nSPS) is 10.3. The van der Waals surface area contributed by atoms with Gasteiger partial charge in [0.2, 0.25) is 0 Å². The molecule has 0 heterocycles. The molecule has 0 fully saturated rings. The van der Waals surface area contributed by atoms with Gasteiger partial charge in [-0.15, -0.1) is 0 Å². The topological polar surface area (TPSA) is 38.7 Å². The number of benzene rings is 2. The first-order chi connectivity index (χ1) is 9.72. The lowest BCUT2D eigenvalue weighted by atomic mass is 10.1. The van der Waals surface area contributed by atoms with Crippen LogP contribution >= 0.6 is 11.6 Å². The second-order valence-electron chi connectivity index (χ2n) is 4.36. The first kappa shape index (κ1) is 14.7. The summed E-state index contributed by atoms with van der Waals surface area (Å²) in [7, 11) is 1.65. The standard InChI is InChI=1S/C16H17ClO3/c1-19-15-5-2-12(3-6-15)8-9-20-16-7-4-14(17)10-13(16)11-18/h2-7,10,18H,8-9,11H2,1H3. The maximum Gasteiger partial charge on any atom is 0.124 e. The molecule has 0 spiro atoms. The van der Waals surface area contributed by atoms with E-state index in [0.29, 0.717) is 22.9 Å². The summed E-state index contributed by atoms with van der Waals surface area (Å²) in [5, 5.41) is 9.86. The summed E-state index contributed by atoms with van der Waals surface area (Å²) in [5.41, 5.74) is 1.87. The molecule has 106 valence electrons. The van der Waals surface area contributed by atoms with E-state index in [9.17, 15) is 5.11 Å². The zero-order valence-corrected chi connectivity index (χ0v) is 12.1. The van der Waals surface area contributed by atoms with Gasteiger partial charge in [-0.1, -0.05) is 23.7 Å². The molecule has 2 rings (SSSR count). The number of rotatable bonds is 6. The smallest absolute Gasteiger partial charge is 0.124 e. The van der Waals surface area contributed by atoms with Gasteiger partial charge in [-0.3, -0.25) is 0 Å². The van der Waals surface area contributed by atoms with Gasteiger partial charge in [0.25, 0.3) is 0 Å². The lowest BCUT2D eigenvalue weighted by molar-refractivity contribution is 0.264. The Morgan fingerprint density at radius 1 is 1.10 bits per heavy atom. The summed E-state index contributed by atoms with van der Waals surface area (Å²) >= 11 is 5.88. The van der Waals surface area contributed by atoms with E-state index in [1.165, 1.54) is 5.56 Å². The maximum absolute atomic E-state index is 9.26. The first-order valence-electron chi connectivity index (χ1n) is 6.38. The predicted octanol–water partition coefficient (Wildman–Crippen LogP) is 3.46. The highest BCUT2D eigenvalue weighted by molar-refractivity contribution is 6.30. The average Bonchev–Trinajstić information content (AvgIpc) is 2.49. The van der Waals surface area contributed by atoms with Crippen molar-refractivity contribution >= 4 is 11.6 Å². The minimum atomic E-state index is -0.0849. The Bertz CT molecular complexity index is 552. The minimum absolute atomic E-state index is 0.0849. The highest BCUT2D eigenvalue weighted by Gasteiger charge is 2.04. The Hall–Kier alpha value is -1.71. The third-order valence-corrected chi connectivity index (χ3v) is 3.24. The first-order valence-corrected chi connectivity index (χ1v) is 6.75. The fourth-order valence-corrected chi connectivity index (χ4v) is 2.08. The van der Waals surface area contributed by atoms with Gasteiger partial charge >= 0.3 is 0 Å². The van der Waals surface area contributed by atoms with Crippen LogP contribution in [-0.4, -0.2) is 18.8 Å². The quantitative estimate of drug-likeness (QED) is 0.886. The van der Waals surface area contributed by atoms with Gasteiger partial charge in [0.05, 0.1) is 20.3 Å². The van der Waals surface area contributed by atoms with E-state index in [1.54, 1.807) is 25.3 Å². The molecule has 0 aromatic heterocycles. The van der Waals surface area contributed by atoms with E-state index in [4.69, 9.17) is 21.1 Å². The van der Waals surface area contributed by atoms with Crippen LogP contribution in [0.15, 0.2) is 42.5 Å². The molecule has 0 aliphatic heterocycles. The lowest BCUT2D eigenvalue weighted by Gasteiger charge is -2.10. The summed E-state index contributed by atoms with van der Waals surface area (Å²) in [5.74, 6) is 1.51. The number of halogens is 1. The van der Waals surface area contributed by atoms with Gasteiger partial charge in [0.15, 0.2) is 0 Å². The molecule has 0 radical (unpaired) electrons. The van der Waals surface area contributed by atoms with Crippen molar-refractivity contribution in [1.29, 1.82) is 0 Å². The molecule has 0 atom stereocenters. The highest BCUT2D eigenvalue weighted by Crippen LogP contribution is 2.23. The molecule has 3 nitrogen and oxygen atoms in total. The molecule has 2 aromatic rings. The predicted molar refractivity (Wildman–Crippen MR) is 79.6 cm³/mol. The Morgan fingerprint density at radius 3 is 2.50 bits per heavy atom. The van der Waals surface area contributed by atoms with Crippen LogP contribution in [0.2, 0.25) is 5.02 Å². The largest absolute Gasteiger partial charge is 0.497 e. The summed E-state index contributed by atoms with van der Waals surface area (Å²) in [6.45, 7) is 0.458. The Balaban J connectivity index is 1.92. The summed E-state index contributed by atoms with van der Waals surface area (Å²) in [6, 6.07) is 13.1. The van der Waals surface area contributed by atoms with Gasteiger partial charge in [-0.2, -0.15) is 0 Å². The SMILES string of the molecule is COc1ccc(CCOc2ccc(Cl)cc2CO)cc1. The van der Waals surface area contributed by atoms with Gasteiger partial charge in [-0.05, 0) is 35.9 Å². The van der Waals surface area contributed by atoms with Crippen molar-refractivity contribution in [1.82, 2.24) is 0 Å². The summed E-state index contributed by atoms with van der Waals surface area (Å²) in [4.78, 5) is 0. The molecular weight excluding hydrogens is 276 g/mol. The average molecular weight is 293 g/mol. The van der Waals surface area contributed by atoms with Crippen molar-refractivity contribution in [2.45, 2.75) is 13.0 Å². The number of ether oxygens (including phenoxy) is 2. The summed E-state index contributed by atoms with van der Waals surface area (Å²) in [6.07, 6.45) is 0.789. The van der Waals surface area contributed by atoms with Crippen LogP contribution in [-0.2, 0) is 13.0 Å². The molecule has 4 heteroatoms. The van der Waals surface area contributed by atoms with Gasteiger partial charge in [-0.25, -0.2) is 0 Å². The Kier molecular flexibility index (Phi) is 5.27. The van der Waals surface area contributed by atoms with E-state index >= 15 is 0 Å². The molecule has 0 unspecified atom stereocenters. The zero-order valence-electron chi connectivity index (χ0n) is 11.3. The van der Waals surface area contributed by atoms with Crippen LogP contribution in [0, 0.1) is 0 Å². The zero-order chi connectivity index (χ0) is 14.4. The van der Waals surface area contributed by atoms with Gasteiger partial charge in [0.1, 0.15) is 11.5 Å². The van der Waals surface area contributed by atoms with Gasteiger partial charge in [0, 0.05) is 17.0 Å². The van der Waals surface area contributed by atoms with Crippen LogP contribution in [0.5, 0.6) is 11.5 Å². The Labute approximate surface area is 123 Å². The lowest BCUT2D eigenvalue weighted by Crippen LogP contribution is -2.03. The molecule has 0 bridgehead atoms. The van der Waals surface area contributed by atoms with Crippen molar-refractivity contribution in [3.05, 3.63) is 58.6 Å². The monoisotopic (exact) mass is 292 g/mol. The van der Waals surface area contributed by atoms with Crippen LogP contribution < -0.4 is 9.47 Å². The van der Waals surface area contributed by atoms with Crippen LogP contribution in [0.1, 0.15) is 11.1 Å². The molecular formula is C16H17ClO3. The van der Waals surface area contributed by atoms with Crippen molar-refractivity contribution in [2.75, 3.05) is 13.7 Å². The number of methoxy groups -OCH3 is 1. The highest BCUT2D eigenvalue weighted by atomic mass is 35.5. The molecule has 20 heavy (non-hydrogen) atoms. The molecule has 0 aliphatic carbocycles. The van der Waals surface area contributed by atoms with E-state index in [1.807, 2.05) is 24.3 Å². The van der Waals surface area contributed by atoms with E-state index in [0.717, 1.165) is 12.2 Å². The number of aliphatic hydroxyl groups is 1.